The predicted octanol–water partition coefficient (Wildman–Crippen LogP) is 2.31. The van der Waals surface area contributed by atoms with Crippen LogP contribution in [0.4, 0.5) is 14.5 Å². The maximum absolute atomic E-state index is 13.8. The molecule has 1 atom stereocenters. The molecule has 1 amide bonds. The second-order valence-corrected chi connectivity index (χ2v) is 4.62. The van der Waals surface area contributed by atoms with E-state index in [0.717, 1.165) is 4.90 Å². The fourth-order valence-corrected chi connectivity index (χ4v) is 2.11. The lowest BCUT2D eigenvalue weighted by Gasteiger charge is -2.18. The van der Waals surface area contributed by atoms with E-state index in [1.807, 2.05) is 0 Å². The van der Waals surface area contributed by atoms with Gasteiger partial charge in [0.25, 0.3) is 0 Å². The Hall–Kier alpha value is -1.10. The van der Waals surface area contributed by atoms with Crippen molar-refractivity contribution in [2.75, 3.05) is 11.4 Å². The van der Waals surface area contributed by atoms with E-state index in [1.165, 1.54) is 19.1 Å². The van der Waals surface area contributed by atoms with Crippen LogP contribution in [-0.4, -0.2) is 17.7 Å². The Morgan fingerprint density at radius 3 is 2.69 bits per heavy atom. The highest BCUT2D eigenvalue weighted by atomic mass is 32.1. The average molecular weight is 243 g/mol. The number of benzene rings is 1. The van der Waals surface area contributed by atoms with Gasteiger partial charge in [0, 0.05) is 18.2 Å². The molecule has 16 heavy (non-hydrogen) atoms. The van der Waals surface area contributed by atoms with Crippen LogP contribution in [0.5, 0.6) is 0 Å². The van der Waals surface area contributed by atoms with Gasteiger partial charge in [-0.05, 0) is 18.6 Å². The molecular weight excluding hydrogens is 232 g/mol. The van der Waals surface area contributed by atoms with Crippen LogP contribution in [0.3, 0.4) is 0 Å². The fraction of sp³-hybridized carbons (Fsp3) is 0.364. The van der Waals surface area contributed by atoms with E-state index >= 15 is 0 Å². The zero-order chi connectivity index (χ0) is 11.9. The van der Waals surface area contributed by atoms with Crippen molar-refractivity contribution < 1.29 is 13.6 Å². The molecule has 86 valence electrons. The van der Waals surface area contributed by atoms with Crippen molar-refractivity contribution in [1.29, 1.82) is 0 Å². The molecule has 2 nitrogen and oxygen atoms in total. The van der Waals surface area contributed by atoms with E-state index in [0.29, 0.717) is 5.56 Å². The Kier molecular flexibility index (Phi) is 2.88. The number of halogens is 2. The lowest BCUT2D eigenvalue weighted by Crippen LogP contribution is -2.27. The molecule has 1 aromatic rings. The zero-order valence-electron chi connectivity index (χ0n) is 8.70. The first-order valence-electron chi connectivity index (χ1n) is 4.93. The second kappa shape index (κ2) is 4.05. The number of aryl methyl sites for hydroxylation is 1. The van der Waals surface area contributed by atoms with Gasteiger partial charge in [-0.25, -0.2) is 8.78 Å². The highest BCUT2D eigenvalue weighted by Crippen LogP contribution is 2.30. The number of carbonyl (C=O) groups is 1. The Morgan fingerprint density at radius 2 is 2.12 bits per heavy atom. The quantitative estimate of drug-likeness (QED) is 0.750. The second-order valence-electron chi connectivity index (χ2n) is 3.89. The number of nitrogens with zero attached hydrogens (tertiary/aromatic N) is 1. The van der Waals surface area contributed by atoms with Crippen LogP contribution in [0, 0.1) is 18.6 Å². The Morgan fingerprint density at radius 1 is 1.44 bits per heavy atom. The minimum absolute atomic E-state index is 0.160. The van der Waals surface area contributed by atoms with E-state index in [4.69, 9.17) is 0 Å². The van der Waals surface area contributed by atoms with Crippen LogP contribution in [0.1, 0.15) is 12.0 Å². The fourth-order valence-electron chi connectivity index (χ4n) is 1.79. The number of anilines is 1. The first-order valence-corrected chi connectivity index (χ1v) is 5.45. The molecular formula is C11H11F2NOS. The predicted molar refractivity (Wildman–Crippen MR) is 60.8 cm³/mol. The van der Waals surface area contributed by atoms with Crippen molar-refractivity contribution in [1.82, 2.24) is 0 Å². The number of rotatable bonds is 1. The maximum Gasteiger partial charge on any atom is 0.228 e. The molecule has 0 aromatic heterocycles. The van der Waals surface area contributed by atoms with Crippen molar-refractivity contribution in [2.45, 2.75) is 18.6 Å². The topological polar surface area (TPSA) is 20.3 Å². The van der Waals surface area contributed by atoms with Gasteiger partial charge in [0.2, 0.25) is 5.91 Å². The maximum atomic E-state index is 13.8. The summed E-state index contributed by atoms with van der Waals surface area (Å²) >= 11 is 4.15. The average Bonchev–Trinajstić information content (AvgIpc) is 2.53. The summed E-state index contributed by atoms with van der Waals surface area (Å²) in [5.74, 6) is -1.67. The summed E-state index contributed by atoms with van der Waals surface area (Å²) in [4.78, 5) is 12.7. The standard InChI is InChI=1S/C11H11F2NOS/c1-6-2-3-8(12)11(10(6)13)14-5-7(16)4-9(14)15/h2-3,7,16H,4-5H2,1H3. The lowest BCUT2D eigenvalue weighted by atomic mass is 10.2. The molecule has 1 unspecified atom stereocenters. The molecule has 1 aliphatic heterocycles. The molecule has 0 spiro atoms. The number of hydrogen-bond donors (Lipinski definition) is 1. The first-order chi connectivity index (χ1) is 7.50. The van der Waals surface area contributed by atoms with Crippen LogP contribution >= 0.6 is 12.6 Å². The van der Waals surface area contributed by atoms with Crippen molar-refractivity contribution in [2.24, 2.45) is 0 Å². The molecule has 0 aliphatic carbocycles. The van der Waals surface area contributed by atoms with Gasteiger partial charge >= 0.3 is 0 Å². The summed E-state index contributed by atoms with van der Waals surface area (Å²) in [5, 5.41) is -0.160. The van der Waals surface area contributed by atoms with Gasteiger partial charge in [0.1, 0.15) is 11.5 Å². The van der Waals surface area contributed by atoms with Crippen LogP contribution in [0.15, 0.2) is 12.1 Å². The smallest absolute Gasteiger partial charge is 0.228 e. The monoisotopic (exact) mass is 243 g/mol. The van der Waals surface area contributed by atoms with Crippen LogP contribution < -0.4 is 4.90 Å². The molecule has 0 N–H and O–H groups in total. The molecule has 1 fully saturated rings. The van der Waals surface area contributed by atoms with Crippen molar-refractivity contribution in [3.8, 4) is 0 Å². The number of carbonyl (C=O) groups excluding carboxylic acids is 1. The number of amides is 1. The van der Waals surface area contributed by atoms with E-state index in [1.54, 1.807) is 0 Å². The summed E-state index contributed by atoms with van der Waals surface area (Å²) in [6.07, 6.45) is 0.218. The molecule has 0 saturated carbocycles. The summed E-state index contributed by atoms with van der Waals surface area (Å²) < 4.78 is 27.3. The highest BCUT2D eigenvalue weighted by molar-refractivity contribution is 7.81. The van der Waals surface area contributed by atoms with Crippen molar-refractivity contribution in [3.63, 3.8) is 0 Å². The van der Waals surface area contributed by atoms with Gasteiger partial charge < -0.3 is 4.90 Å². The molecule has 1 heterocycles. The molecule has 1 aliphatic rings. The zero-order valence-corrected chi connectivity index (χ0v) is 9.60. The summed E-state index contributed by atoms with van der Waals surface area (Å²) in [5.41, 5.74) is 0.0772. The van der Waals surface area contributed by atoms with Crippen molar-refractivity contribution in [3.05, 3.63) is 29.3 Å². The third-order valence-corrected chi connectivity index (χ3v) is 2.98. The van der Waals surface area contributed by atoms with Crippen LogP contribution in [0.25, 0.3) is 0 Å². The van der Waals surface area contributed by atoms with Gasteiger partial charge in [-0.15, -0.1) is 0 Å². The molecule has 2 rings (SSSR count). The lowest BCUT2D eigenvalue weighted by molar-refractivity contribution is -0.117. The van der Waals surface area contributed by atoms with Gasteiger partial charge in [-0.1, -0.05) is 6.07 Å². The summed E-state index contributed by atoms with van der Waals surface area (Å²) in [7, 11) is 0. The van der Waals surface area contributed by atoms with E-state index < -0.39 is 11.6 Å². The summed E-state index contributed by atoms with van der Waals surface area (Å²) in [6.45, 7) is 1.79. The van der Waals surface area contributed by atoms with E-state index in [2.05, 4.69) is 12.6 Å². The Balaban J connectivity index is 2.48. The van der Waals surface area contributed by atoms with Gasteiger partial charge in [0.15, 0.2) is 5.82 Å². The summed E-state index contributed by atoms with van der Waals surface area (Å²) in [6, 6.07) is 2.53. The SMILES string of the molecule is Cc1ccc(F)c(N2CC(S)CC2=O)c1F. The van der Waals surface area contributed by atoms with Crippen LogP contribution in [-0.2, 0) is 4.79 Å². The third-order valence-electron chi connectivity index (χ3n) is 2.63. The van der Waals surface area contributed by atoms with Gasteiger partial charge in [0.05, 0.1) is 0 Å². The van der Waals surface area contributed by atoms with Gasteiger partial charge in [-0.3, -0.25) is 4.79 Å². The molecule has 0 radical (unpaired) electrons. The Bertz CT molecular complexity index is 450. The number of thiol groups is 1. The minimum Gasteiger partial charge on any atom is -0.306 e. The van der Waals surface area contributed by atoms with E-state index in [9.17, 15) is 13.6 Å². The largest absolute Gasteiger partial charge is 0.306 e. The Labute approximate surface area is 97.7 Å². The molecule has 5 heteroatoms. The highest BCUT2D eigenvalue weighted by Gasteiger charge is 2.32. The molecule has 1 aromatic carbocycles. The minimum atomic E-state index is -0.709. The van der Waals surface area contributed by atoms with E-state index in [-0.39, 0.29) is 29.8 Å². The third kappa shape index (κ3) is 1.80. The van der Waals surface area contributed by atoms with Crippen LogP contribution in [0.2, 0.25) is 0 Å². The normalized spacial score (nSPS) is 20.6. The van der Waals surface area contributed by atoms with Gasteiger partial charge in [-0.2, -0.15) is 12.6 Å². The molecule has 0 bridgehead atoms. The van der Waals surface area contributed by atoms with Crippen molar-refractivity contribution >= 4 is 24.2 Å². The molecule has 1 saturated heterocycles. The number of hydrogen-bond acceptors (Lipinski definition) is 2. The first kappa shape index (κ1) is 11.4.